The van der Waals surface area contributed by atoms with Gasteiger partial charge in [-0.15, -0.1) is 0 Å². The SMILES string of the molecule is C=Cc1c(/C=C/c2cccc(-c3ccc4c5ccccc5c5ccccc5c4c3)c2)c2ccccc2n1-c1cccc(-c2ccccc2)c1. The Bertz CT molecular complexity index is 2690. The summed E-state index contributed by atoms with van der Waals surface area (Å²) >= 11 is 0. The van der Waals surface area contributed by atoms with Crippen molar-refractivity contribution in [2.75, 3.05) is 0 Å². The molecule has 0 N–H and O–H groups in total. The highest BCUT2D eigenvalue weighted by Gasteiger charge is 2.15. The lowest BCUT2D eigenvalue weighted by atomic mass is 9.92. The van der Waals surface area contributed by atoms with Crippen molar-refractivity contribution < 1.29 is 0 Å². The van der Waals surface area contributed by atoms with Crippen molar-refractivity contribution in [2.24, 2.45) is 0 Å². The van der Waals surface area contributed by atoms with Crippen molar-refractivity contribution in [3.8, 4) is 27.9 Å². The van der Waals surface area contributed by atoms with Crippen LogP contribution in [0.5, 0.6) is 0 Å². The van der Waals surface area contributed by atoms with Gasteiger partial charge in [0.2, 0.25) is 0 Å². The van der Waals surface area contributed by atoms with Gasteiger partial charge in [-0.05, 0) is 96.5 Å². The van der Waals surface area contributed by atoms with Gasteiger partial charge in [0.15, 0.2) is 0 Å². The molecule has 0 saturated carbocycles. The summed E-state index contributed by atoms with van der Waals surface area (Å²) < 4.78 is 2.33. The lowest BCUT2D eigenvalue weighted by Crippen LogP contribution is -1.97. The third kappa shape index (κ3) is 4.96. The Morgan fingerprint density at radius 1 is 0.388 bits per heavy atom. The van der Waals surface area contributed by atoms with Gasteiger partial charge >= 0.3 is 0 Å². The van der Waals surface area contributed by atoms with Gasteiger partial charge in [0.05, 0.1) is 11.2 Å². The van der Waals surface area contributed by atoms with Gasteiger partial charge in [0.25, 0.3) is 0 Å². The maximum absolute atomic E-state index is 4.27. The lowest BCUT2D eigenvalue weighted by molar-refractivity contribution is 1.11. The first-order valence-electron chi connectivity index (χ1n) is 16.8. The molecule has 0 aliphatic carbocycles. The number of benzene rings is 8. The standard InChI is InChI=1S/C48H33N/c1-2-47-45(44-24-10-11-25-48(44)49(47)38-19-13-18-36(31-38)34-15-4-3-5-16-34)28-26-33-14-12-17-35(30-33)37-27-29-43-41-22-7-6-20-39(41)40-21-8-9-23-42(40)46(43)32-37/h2-32H,1H2/b28-26+. The molecule has 1 nitrogen and oxygen atoms in total. The Hall–Kier alpha value is -6.44. The van der Waals surface area contributed by atoms with Crippen LogP contribution in [0.3, 0.4) is 0 Å². The van der Waals surface area contributed by atoms with E-state index in [4.69, 9.17) is 0 Å². The first kappa shape index (κ1) is 28.8. The maximum atomic E-state index is 4.27. The monoisotopic (exact) mass is 623 g/mol. The first-order chi connectivity index (χ1) is 24.3. The van der Waals surface area contributed by atoms with Crippen LogP contribution in [0.15, 0.2) is 176 Å². The van der Waals surface area contributed by atoms with Crippen LogP contribution in [-0.4, -0.2) is 4.57 Å². The molecule has 0 unspecified atom stereocenters. The van der Waals surface area contributed by atoms with Crippen molar-refractivity contribution in [1.82, 2.24) is 4.57 Å². The van der Waals surface area contributed by atoms with E-state index < -0.39 is 0 Å². The number of aromatic nitrogens is 1. The van der Waals surface area contributed by atoms with Crippen molar-refractivity contribution >= 4 is 61.4 Å². The second-order valence-corrected chi connectivity index (χ2v) is 12.6. The van der Waals surface area contributed by atoms with Crippen molar-refractivity contribution in [3.05, 3.63) is 193 Å². The van der Waals surface area contributed by atoms with Crippen molar-refractivity contribution in [2.45, 2.75) is 0 Å². The van der Waals surface area contributed by atoms with E-state index in [0.717, 1.165) is 28.0 Å². The zero-order valence-electron chi connectivity index (χ0n) is 27.1. The fourth-order valence-electron chi connectivity index (χ4n) is 7.48. The molecule has 8 aromatic carbocycles. The predicted octanol–water partition coefficient (Wildman–Crippen LogP) is 13.2. The first-order valence-corrected chi connectivity index (χ1v) is 16.8. The summed E-state index contributed by atoms with van der Waals surface area (Å²) in [6, 6.07) is 61.2. The zero-order valence-corrected chi connectivity index (χ0v) is 27.1. The van der Waals surface area contributed by atoms with Gasteiger partial charge in [-0.1, -0.05) is 158 Å². The van der Waals surface area contributed by atoms with Crippen LogP contribution >= 0.6 is 0 Å². The Kier molecular flexibility index (Phi) is 7.03. The van der Waals surface area contributed by atoms with Crippen molar-refractivity contribution in [1.29, 1.82) is 0 Å². The van der Waals surface area contributed by atoms with E-state index in [0.29, 0.717) is 0 Å². The molecule has 1 heterocycles. The molecule has 0 aliphatic rings. The average Bonchev–Trinajstić information content (AvgIpc) is 3.51. The highest BCUT2D eigenvalue weighted by molar-refractivity contribution is 6.25. The highest BCUT2D eigenvalue weighted by atomic mass is 15.0. The summed E-state index contributed by atoms with van der Waals surface area (Å²) in [5.74, 6) is 0. The highest BCUT2D eigenvalue weighted by Crippen LogP contribution is 2.38. The quantitative estimate of drug-likeness (QED) is 0.162. The third-order valence-corrected chi connectivity index (χ3v) is 9.76. The molecule has 0 spiro atoms. The topological polar surface area (TPSA) is 4.93 Å². The molecule has 0 amide bonds. The molecule has 230 valence electrons. The normalized spacial score (nSPS) is 11.7. The summed E-state index contributed by atoms with van der Waals surface area (Å²) in [4.78, 5) is 0. The number of nitrogens with zero attached hydrogens (tertiary/aromatic N) is 1. The average molecular weight is 624 g/mol. The van der Waals surface area contributed by atoms with Gasteiger partial charge in [-0.3, -0.25) is 0 Å². The summed E-state index contributed by atoms with van der Waals surface area (Å²) in [6.07, 6.45) is 6.46. The number of hydrogen-bond donors (Lipinski definition) is 0. The molecule has 9 aromatic rings. The van der Waals surface area contributed by atoms with Gasteiger partial charge in [0, 0.05) is 16.6 Å². The molecule has 1 heteroatoms. The van der Waals surface area contributed by atoms with Crippen LogP contribution in [0.1, 0.15) is 16.8 Å². The molecule has 0 bridgehead atoms. The van der Waals surface area contributed by atoms with Gasteiger partial charge < -0.3 is 4.57 Å². The minimum absolute atomic E-state index is 1.08. The molecule has 1 aromatic heterocycles. The fraction of sp³-hybridized carbons (Fsp3) is 0. The molecule has 0 atom stereocenters. The fourth-order valence-corrected chi connectivity index (χ4v) is 7.48. The van der Waals surface area contributed by atoms with Crippen LogP contribution < -0.4 is 0 Å². The Morgan fingerprint density at radius 3 is 1.65 bits per heavy atom. The van der Waals surface area contributed by atoms with Crippen LogP contribution in [0, 0.1) is 0 Å². The van der Waals surface area contributed by atoms with Crippen LogP contribution in [-0.2, 0) is 0 Å². The summed E-state index contributed by atoms with van der Waals surface area (Å²) in [7, 11) is 0. The van der Waals surface area contributed by atoms with E-state index in [1.807, 2.05) is 6.08 Å². The lowest BCUT2D eigenvalue weighted by Gasteiger charge is -2.12. The number of rotatable bonds is 6. The molecular formula is C48H33N. The molecule has 0 radical (unpaired) electrons. The largest absolute Gasteiger partial charge is 0.309 e. The molecule has 0 fully saturated rings. The summed E-state index contributed by atoms with van der Waals surface area (Å²) in [6.45, 7) is 4.27. The van der Waals surface area contributed by atoms with E-state index in [1.165, 1.54) is 60.0 Å². The Balaban J connectivity index is 1.13. The second kappa shape index (κ2) is 12.0. The number of para-hydroxylation sites is 1. The molecule has 0 saturated heterocycles. The van der Waals surface area contributed by atoms with Gasteiger partial charge in [0.1, 0.15) is 0 Å². The Morgan fingerprint density at radius 2 is 0.939 bits per heavy atom. The van der Waals surface area contributed by atoms with E-state index in [9.17, 15) is 0 Å². The smallest absolute Gasteiger partial charge is 0.0541 e. The number of hydrogen-bond acceptors (Lipinski definition) is 0. The Labute approximate surface area is 286 Å². The molecule has 49 heavy (non-hydrogen) atoms. The number of fused-ring (bicyclic) bond motifs is 7. The van der Waals surface area contributed by atoms with Gasteiger partial charge in [-0.25, -0.2) is 0 Å². The van der Waals surface area contributed by atoms with Crippen LogP contribution in [0.25, 0.3) is 89.4 Å². The van der Waals surface area contributed by atoms with E-state index in [2.05, 4.69) is 193 Å². The van der Waals surface area contributed by atoms with E-state index in [1.54, 1.807) is 0 Å². The minimum atomic E-state index is 1.08. The summed E-state index contributed by atoms with van der Waals surface area (Å²) in [5.41, 5.74) is 10.5. The summed E-state index contributed by atoms with van der Waals surface area (Å²) in [5, 5.41) is 8.95. The second-order valence-electron chi connectivity index (χ2n) is 12.6. The van der Waals surface area contributed by atoms with Crippen LogP contribution in [0.4, 0.5) is 0 Å². The molecular weight excluding hydrogens is 591 g/mol. The van der Waals surface area contributed by atoms with Crippen molar-refractivity contribution in [3.63, 3.8) is 0 Å². The zero-order chi connectivity index (χ0) is 32.7. The van der Waals surface area contributed by atoms with E-state index in [-0.39, 0.29) is 0 Å². The maximum Gasteiger partial charge on any atom is 0.0541 e. The predicted molar refractivity (Wildman–Crippen MR) is 212 cm³/mol. The molecule has 9 rings (SSSR count). The third-order valence-electron chi connectivity index (χ3n) is 9.76. The van der Waals surface area contributed by atoms with Gasteiger partial charge in [-0.2, -0.15) is 0 Å². The minimum Gasteiger partial charge on any atom is -0.309 e. The van der Waals surface area contributed by atoms with E-state index >= 15 is 0 Å². The molecule has 0 aliphatic heterocycles. The van der Waals surface area contributed by atoms with Crippen LogP contribution in [0.2, 0.25) is 0 Å².